The van der Waals surface area contributed by atoms with Gasteiger partial charge < -0.3 is 15.0 Å². The molecule has 33 heavy (non-hydrogen) atoms. The van der Waals surface area contributed by atoms with Crippen molar-refractivity contribution >= 4 is 17.7 Å². The van der Waals surface area contributed by atoms with Crippen LogP contribution in [-0.2, 0) is 16.1 Å². The Morgan fingerprint density at radius 3 is 2.21 bits per heavy atom. The predicted molar refractivity (Wildman–Crippen MR) is 130 cm³/mol. The molecule has 2 aromatic rings. The van der Waals surface area contributed by atoms with Gasteiger partial charge in [0, 0.05) is 24.3 Å². The summed E-state index contributed by atoms with van der Waals surface area (Å²) >= 11 is 0. The average molecular weight is 450 g/mol. The second kappa shape index (κ2) is 9.96. The third-order valence-corrected chi connectivity index (χ3v) is 6.81. The minimum absolute atomic E-state index is 0.0478. The number of piperidine rings is 1. The highest BCUT2D eigenvalue weighted by Crippen LogP contribution is 2.31. The van der Waals surface area contributed by atoms with E-state index in [9.17, 15) is 9.59 Å². The van der Waals surface area contributed by atoms with Crippen LogP contribution < -0.4 is 5.32 Å². The van der Waals surface area contributed by atoms with Gasteiger partial charge in [0.05, 0.1) is 5.92 Å². The van der Waals surface area contributed by atoms with E-state index < -0.39 is 0 Å². The molecule has 0 saturated carbocycles. The smallest absolute Gasteiger partial charge is 0.410 e. The lowest BCUT2D eigenvalue weighted by atomic mass is 9.87. The summed E-state index contributed by atoms with van der Waals surface area (Å²) in [6, 6.07) is 17.8. The third-order valence-electron chi connectivity index (χ3n) is 6.81. The Bertz CT molecular complexity index is 939. The molecule has 0 radical (unpaired) electrons. The molecular weight excluding hydrogens is 414 g/mol. The van der Waals surface area contributed by atoms with Crippen molar-refractivity contribution in [3.05, 3.63) is 65.7 Å². The Balaban J connectivity index is 1.19. The Kier molecular flexibility index (Phi) is 7.03. The van der Waals surface area contributed by atoms with Gasteiger partial charge in [0.15, 0.2) is 0 Å². The molecule has 6 nitrogen and oxygen atoms in total. The van der Waals surface area contributed by atoms with E-state index in [2.05, 4.69) is 43.1 Å². The number of carbonyl (C=O) groups is 2. The van der Waals surface area contributed by atoms with Crippen molar-refractivity contribution < 1.29 is 14.3 Å². The fourth-order valence-corrected chi connectivity index (χ4v) is 4.57. The maximum atomic E-state index is 12.6. The molecule has 2 fully saturated rings. The number of hydrogen-bond acceptors (Lipinski definition) is 4. The fourth-order valence-electron chi connectivity index (χ4n) is 4.57. The van der Waals surface area contributed by atoms with Gasteiger partial charge in [-0.05, 0) is 75.9 Å². The maximum absolute atomic E-state index is 12.6. The van der Waals surface area contributed by atoms with Gasteiger partial charge in [-0.3, -0.25) is 9.69 Å². The van der Waals surface area contributed by atoms with Crippen molar-refractivity contribution in [3.8, 4) is 0 Å². The number of hydrogen-bond donors (Lipinski definition) is 1. The predicted octanol–water partition coefficient (Wildman–Crippen LogP) is 4.87. The number of carbonyl (C=O) groups excluding carboxylic acids is 2. The largest absolute Gasteiger partial charge is 0.445 e. The van der Waals surface area contributed by atoms with Crippen LogP contribution in [0.2, 0.25) is 0 Å². The zero-order chi connectivity index (χ0) is 23.4. The second-order valence-corrected chi connectivity index (χ2v) is 10.2. The molecule has 0 aliphatic carbocycles. The highest BCUT2D eigenvalue weighted by Gasteiger charge is 2.36. The first-order chi connectivity index (χ1) is 15.8. The van der Waals surface area contributed by atoms with Gasteiger partial charge >= 0.3 is 6.09 Å². The lowest BCUT2D eigenvalue weighted by Gasteiger charge is -2.41. The standard InChI is InChI=1S/C27H35N3O3/c1-27(2,3)30-15-13-22(14-16-30)21-9-11-24(12-10-21)28-25(31)23-17-29(18-23)26(32)33-19-20-7-5-4-6-8-20/h4-12,22-23H,13-19H2,1-3H3,(H,28,31). The van der Waals surface area contributed by atoms with E-state index in [4.69, 9.17) is 4.74 Å². The van der Waals surface area contributed by atoms with E-state index in [1.54, 1.807) is 4.90 Å². The van der Waals surface area contributed by atoms with Crippen LogP contribution in [0.5, 0.6) is 0 Å². The Hall–Kier alpha value is -2.86. The molecule has 2 heterocycles. The van der Waals surface area contributed by atoms with Gasteiger partial charge in [-0.2, -0.15) is 0 Å². The Morgan fingerprint density at radius 2 is 1.61 bits per heavy atom. The molecular formula is C27H35N3O3. The van der Waals surface area contributed by atoms with Gasteiger partial charge in [-0.25, -0.2) is 4.79 Å². The van der Waals surface area contributed by atoms with Gasteiger partial charge in [0.25, 0.3) is 0 Å². The number of amides is 2. The second-order valence-electron chi connectivity index (χ2n) is 10.2. The molecule has 2 saturated heterocycles. The summed E-state index contributed by atoms with van der Waals surface area (Å²) in [6.07, 6.45) is 1.97. The van der Waals surface area contributed by atoms with Crippen LogP contribution in [0.25, 0.3) is 0 Å². The van der Waals surface area contributed by atoms with Crippen molar-refractivity contribution in [2.45, 2.75) is 51.7 Å². The van der Waals surface area contributed by atoms with Gasteiger partial charge in [-0.1, -0.05) is 42.5 Å². The monoisotopic (exact) mass is 449 g/mol. The minimum Gasteiger partial charge on any atom is -0.445 e. The molecule has 0 bridgehead atoms. The molecule has 0 aromatic heterocycles. The van der Waals surface area contributed by atoms with Crippen molar-refractivity contribution in [2.75, 3.05) is 31.5 Å². The molecule has 0 unspecified atom stereocenters. The molecule has 0 spiro atoms. The number of anilines is 1. The topological polar surface area (TPSA) is 61.9 Å². The first kappa shape index (κ1) is 23.3. The van der Waals surface area contributed by atoms with E-state index in [0.29, 0.717) is 19.0 Å². The van der Waals surface area contributed by atoms with Crippen LogP contribution in [0.4, 0.5) is 10.5 Å². The van der Waals surface area contributed by atoms with Crippen LogP contribution >= 0.6 is 0 Å². The van der Waals surface area contributed by atoms with E-state index in [1.165, 1.54) is 18.4 Å². The SMILES string of the molecule is CC(C)(C)N1CCC(c2ccc(NC(=O)C3CN(C(=O)OCc4ccccc4)C3)cc2)CC1. The minimum atomic E-state index is -0.371. The quantitative estimate of drug-likeness (QED) is 0.707. The lowest BCUT2D eigenvalue weighted by molar-refractivity contribution is -0.124. The van der Waals surface area contributed by atoms with E-state index in [1.807, 2.05) is 42.5 Å². The number of benzene rings is 2. The number of rotatable bonds is 5. The highest BCUT2D eigenvalue weighted by atomic mass is 16.6. The summed E-state index contributed by atoms with van der Waals surface area (Å²) < 4.78 is 5.33. The molecule has 1 N–H and O–H groups in total. The normalized spacial score (nSPS) is 18.0. The zero-order valence-electron chi connectivity index (χ0n) is 19.9. The Labute approximate surface area is 196 Å². The van der Waals surface area contributed by atoms with Gasteiger partial charge in [0.2, 0.25) is 5.91 Å². The first-order valence-corrected chi connectivity index (χ1v) is 11.9. The van der Waals surface area contributed by atoms with Gasteiger partial charge in [-0.15, -0.1) is 0 Å². The van der Waals surface area contributed by atoms with E-state index in [-0.39, 0.29) is 30.1 Å². The summed E-state index contributed by atoms with van der Waals surface area (Å²) in [5, 5.41) is 2.99. The first-order valence-electron chi connectivity index (χ1n) is 11.9. The summed E-state index contributed by atoms with van der Waals surface area (Å²) in [7, 11) is 0. The molecule has 2 aliphatic heterocycles. The van der Waals surface area contributed by atoms with Crippen LogP contribution in [0.15, 0.2) is 54.6 Å². The van der Waals surface area contributed by atoms with E-state index >= 15 is 0 Å². The molecule has 2 aliphatic rings. The number of likely N-dealkylation sites (tertiary alicyclic amines) is 2. The van der Waals surface area contributed by atoms with Crippen LogP contribution in [0, 0.1) is 5.92 Å². The van der Waals surface area contributed by atoms with Crippen LogP contribution in [-0.4, -0.2) is 53.5 Å². The maximum Gasteiger partial charge on any atom is 0.410 e. The van der Waals surface area contributed by atoms with Crippen molar-refractivity contribution in [1.82, 2.24) is 9.80 Å². The number of nitrogens with one attached hydrogen (secondary N) is 1. The van der Waals surface area contributed by atoms with Crippen molar-refractivity contribution in [2.24, 2.45) is 5.92 Å². The number of ether oxygens (including phenoxy) is 1. The molecule has 2 amide bonds. The number of nitrogens with zero attached hydrogens (tertiary/aromatic N) is 2. The zero-order valence-corrected chi connectivity index (χ0v) is 19.9. The average Bonchev–Trinajstić information content (AvgIpc) is 2.77. The fraction of sp³-hybridized carbons (Fsp3) is 0.481. The lowest BCUT2D eigenvalue weighted by Crippen LogP contribution is -2.54. The van der Waals surface area contributed by atoms with Crippen LogP contribution in [0.1, 0.15) is 50.7 Å². The summed E-state index contributed by atoms with van der Waals surface area (Å²) in [5.74, 6) is 0.333. The van der Waals surface area contributed by atoms with Crippen molar-refractivity contribution in [3.63, 3.8) is 0 Å². The Morgan fingerprint density at radius 1 is 0.970 bits per heavy atom. The molecule has 4 rings (SSSR count). The molecule has 0 atom stereocenters. The highest BCUT2D eigenvalue weighted by molar-refractivity contribution is 5.94. The summed E-state index contributed by atoms with van der Waals surface area (Å²) in [6.45, 7) is 10.1. The van der Waals surface area contributed by atoms with Crippen molar-refractivity contribution in [1.29, 1.82) is 0 Å². The third kappa shape index (κ3) is 5.93. The summed E-state index contributed by atoms with van der Waals surface area (Å²) in [5.41, 5.74) is 3.33. The van der Waals surface area contributed by atoms with Gasteiger partial charge in [0.1, 0.15) is 6.61 Å². The molecule has 176 valence electrons. The summed E-state index contributed by atoms with van der Waals surface area (Å²) in [4.78, 5) is 28.8. The van der Waals surface area contributed by atoms with E-state index in [0.717, 1.165) is 24.3 Å². The molecule has 2 aromatic carbocycles. The molecule has 6 heteroatoms. The van der Waals surface area contributed by atoms with Crippen LogP contribution in [0.3, 0.4) is 0 Å².